The van der Waals surface area contributed by atoms with E-state index in [-0.39, 0.29) is 5.57 Å². The van der Waals surface area contributed by atoms with Crippen LogP contribution in [0, 0.1) is 11.3 Å². The van der Waals surface area contributed by atoms with Gasteiger partial charge in [-0.3, -0.25) is 14.9 Å². The molecule has 0 saturated carbocycles. The lowest BCUT2D eigenvalue weighted by atomic mass is 10.1. The molecule has 0 aliphatic heterocycles. The smallest absolute Gasteiger partial charge is 0.262 e. The number of hydrogen-bond donors (Lipinski definition) is 2. The fourth-order valence-corrected chi connectivity index (χ4v) is 2.48. The van der Waals surface area contributed by atoms with Gasteiger partial charge in [-0.05, 0) is 42.0 Å². The number of carbonyl (C=O) groups excluding carboxylic acids is 1. The van der Waals surface area contributed by atoms with Crippen molar-refractivity contribution in [2.24, 2.45) is 0 Å². The number of rotatable bonds is 6. The molecule has 7 nitrogen and oxygen atoms in total. The molecule has 0 spiro atoms. The van der Waals surface area contributed by atoms with Gasteiger partial charge < -0.3 is 10.1 Å². The van der Waals surface area contributed by atoms with Crippen molar-refractivity contribution in [2.45, 2.75) is 6.54 Å². The molecule has 0 saturated heterocycles. The van der Waals surface area contributed by atoms with Gasteiger partial charge in [0.05, 0.1) is 19.0 Å². The van der Waals surface area contributed by atoms with Crippen molar-refractivity contribution in [3.8, 4) is 23.1 Å². The van der Waals surface area contributed by atoms with Crippen molar-refractivity contribution in [3.05, 3.63) is 71.7 Å². The number of amides is 1. The van der Waals surface area contributed by atoms with Crippen LogP contribution >= 0.6 is 0 Å². The summed E-state index contributed by atoms with van der Waals surface area (Å²) in [5.74, 6) is 0.283. The lowest BCUT2D eigenvalue weighted by Gasteiger charge is -2.05. The fourth-order valence-electron chi connectivity index (χ4n) is 2.48. The van der Waals surface area contributed by atoms with Crippen LogP contribution in [0.15, 0.2) is 60.6 Å². The lowest BCUT2D eigenvalue weighted by Crippen LogP contribution is -2.24. The Morgan fingerprint density at radius 2 is 2.11 bits per heavy atom. The number of aromatic nitrogens is 3. The first-order chi connectivity index (χ1) is 13.2. The molecule has 134 valence electrons. The van der Waals surface area contributed by atoms with E-state index in [0.717, 1.165) is 16.9 Å². The second-order valence-electron chi connectivity index (χ2n) is 5.64. The van der Waals surface area contributed by atoms with Crippen molar-refractivity contribution in [2.75, 3.05) is 7.11 Å². The summed E-state index contributed by atoms with van der Waals surface area (Å²) in [4.78, 5) is 16.3. The van der Waals surface area contributed by atoms with E-state index in [0.29, 0.717) is 17.8 Å². The highest BCUT2D eigenvalue weighted by Gasteiger charge is 2.12. The largest absolute Gasteiger partial charge is 0.497 e. The highest BCUT2D eigenvalue weighted by atomic mass is 16.5. The van der Waals surface area contributed by atoms with Gasteiger partial charge in [-0.1, -0.05) is 6.07 Å². The Bertz CT molecular complexity index is 985. The van der Waals surface area contributed by atoms with E-state index in [2.05, 4.69) is 20.5 Å². The second kappa shape index (κ2) is 8.45. The summed E-state index contributed by atoms with van der Waals surface area (Å²) in [5, 5.41) is 19.0. The summed E-state index contributed by atoms with van der Waals surface area (Å²) >= 11 is 0. The quantitative estimate of drug-likeness (QED) is 0.520. The number of nitriles is 1. The molecule has 27 heavy (non-hydrogen) atoms. The maximum absolute atomic E-state index is 12.3. The monoisotopic (exact) mass is 359 g/mol. The zero-order valence-electron chi connectivity index (χ0n) is 14.6. The Morgan fingerprint density at radius 1 is 1.30 bits per heavy atom. The highest BCUT2D eigenvalue weighted by Crippen LogP contribution is 2.25. The topological polar surface area (TPSA) is 104 Å². The Balaban J connectivity index is 1.78. The highest BCUT2D eigenvalue weighted by molar-refractivity contribution is 6.02. The Labute approximate surface area is 156 Å². The number of H-pyrrole nitrogens is 1. The van der Waals surface area contributed by atoms with Crippen LogP contribution in [-0.2, 0) is 11.3 Å². The molecule has 0 aliphatic rings. The van der Waals surface area contributed by atoms with Crippen molar-refractivity contribution >= 4 is 12.0 Å². The predicted molar refractivity (Wildman–Crippen MR) is 100 cm³/mol. The van der Waals surface area contributed by atoms with E-state index in [1.807, 2.05) is 36.4 Å². The predicted octanol–water partition coefficient (Wildman–Crippen LogP) is 2.70. The minimum Gasteiger partial charge on any atom is -0.497 e. The zero-order valence-corrected chi connectivity index (χ0v) is 14.6. The van der Waals surface area contributed by atoms with E-state index < -0.39 is 5.91 Å². The average molecular weight is 359 g/mol. The molecule has 1 amide bonds. The minimum absolute atomic E-state index is 0.00458. The lowest BCUT2D eigenvalue weighted by molar-refractivity contribution is -0.117. The summed E-state index contributed by atoms with van der Waals surface area (Å²) in [6.45, 7) is 0.294. The first-order valence-electron chi connectivity index (χ1n) is 8.18. The normalized spacial score (nSPS) is 10.9. The fraction of sp³-hybridized carbons (Fsp3) is 0.100. The third-order valence-corrected chi connectivity index (χ3v) is 3.89. The molecule has 3 aromatic rings. The minimum atomic E-state index is -0.455. The first kappa shape index (κ1) is 17.9. The molecule has 0 fully saturated rings. The van der Waals surface area contributed by atoms with Crippen LogP contribution in [-0.4, -0.2) is 28.2 Å². The van der Waals surface area contributed by atoms with Gasteiger partial charge in [0.15, 0.2) is 0 Å². The molecule has 0 unspecified atom stereocenters. The van der Waals surface area contributed by atoms with E-state index in [1.54, 1.807) is 31.8 Å². The van der Waals surface area contributed by atoms with Crippen molar-refractivity contribution in [1.29, 1.82) is 5.26 Å². The number of nitrogens with one attached hydrogen (secondary N) is 2. The maximum atomic E-state index is 12.3. The van der Waals surface area contributed by atoms with Gasteiger partial charge in [0.2, 0.25) is 0 Å². The number of pyridine rings is 1. The van der Waals surface area contributed by atoms with Crippen LogP contribution in [0.3, 0.4) is 0 Å². The number of nitrogens with zero attached hydrogens (tertiary/aromatic N) is 3. The van der Waals surface area contributed by atoms with Crippen LogP contribution in [0.2, 0.25) is 0 Å². The van der Waals surface area contributed by atoms with Crippen molar-refractivity contribution < 1.29 is 9.53 Å². The van der Waals surface area contributed by atoms with Gasteiger partial charge in [0.25, 0.3) is 5.91 Å². The summed E-state index contributed by atoms with van der Waals surface area (Å²) in [6, 6.07) is 13.0. The SMILES string of the molecule is COc1ccc(-c2[nH]ncc2/C=C(\C#N)C(=O)NCc2cccnc2)cc1. The van der Waals surface area contributed by atoms with Crippen LogP contribution in [0.5, 0.6) is 5.75 Å². The average Bonchev–Trinajstić information content (AvgIpc) is 3.19. The number of methoxy groups -OCH3 is 1. The molecule has 7 heteroatoms. The summed E-state index contributed by atoms with van der Waals surface area (Å²) in [7, 11) is 1.60. The van der Waals surface area contributed by atoms with E-state index >= 15 is 0 Å². The van der Waals surface area contributed by atoms with Gasteiger partial charge in [-0.2, -0.15) is 10.4 Å². The molecule has 2 aromatic heterocycles. The van der Waals surface area contributed by atoms with E-state index in [4.69, 9.17) is 4.74 Å². The van der Waals surface area contributed by atoms with Crippen LogP contribution < -0.4 is 10.1 Å². The summed E-state index contributed by atoms with van der Waals surface area (Å²) < 4.78 is 5.16. The molecular weight excluding hydrogens is 342 g/mol. The van der Waals surface area contributed by atoms with Gasteiger partial charge in [0, 0.05) is 30.1 Å². The van der Waals surface area contributed by atoms with E-state index in [9.17, 15) is 10.1 Å². The number of carbonyl (C=O) groups is 1. The van der Waals surface area contributed by atoms with Gasteiger partial charge in [-0.15, -0.1) is 0 Å². The molecule has 0 atom stereocenters. The Kier molecular flexibility index (Phi) is 5.60. The molecule has 2 N–H and O–H groups in total. The second-order valence-corrected chi connectivity index (χ2v) is 5.64. The van der Waals surface area contributed by atoms with Crippen LogP contribution in [0.4, 0.5) is 0 Å². The van der Waals surface area contributed by atoms with Gasteiger partial charge >= 0.3 is 0 Å². The first-order valence-corrected chi connectivity index (χ1v) is 8.18. The zero-order chi connectivity index (χ0) is 19.1. The number of ether oxygens (including phenoxy) is 1. The van der Waals surface area contributed by atoms with Crippen LogP contribution in [0.25, 0.3) is 17.3 Å². The molecule has 0 bridgehead atoms. The molecule has 0 radical (unpaired) electrons. The Hall–Kier alpha value is -3.92. The summed E-state index contributed by atoms with van der Waals surface area (Å²) in [6.07, 6.45) is 6.41. The van der Waals surface area contributed by atoms with Gasteiger partial charge in [0.1, 0.15) is 17.4 Å². The maximum Gasteiger partial charge on any atom is 0.262 e. The molecule has 1 aromatic carbocycles. The molecule has 0 aliphatic carbocycles. The molecule has 3 rings (SSSR count). The number of benzene rings is 1. The van der Waals surface area contributed by atoms with E-state index in [1.165, 1.54) is 6.08 Å². The molecule has 2 heterocycles. The van der Waals surface area contributed by atoms with Crippen LogP contribution in [0.1, 0.15) is 11.1 Å². The van der Waals surface area contributed by atoms with Crippen molar-refractivity contribution in [3.63, 3.8) is 0 Å². The standard InChI is InChI=1S/C20H17N5O2/c1-27-18-6-4-15(5-7-18)19-17(13-24-25-19)9-16(10-21)20(26)23-12-14-3-2-8-22-11-14/h2-9,11,13H,12H2,1H3,(H,23,26)(H,24,25)/b16-9+. The third kappa shape index (κ3) is 4.38. The number of hydrogen-bond acceptors (Lipinski definition) is 5. The van der Waals surface area contributed by atoms with Crippen molar-refractivity contribution in [1.82, 2.24) is 20.5 Å². The Morgan fingerprint density at radius 3 is 2.78 bits per heavy atom. The molecular formula is C20H17N5O2. The number of aromatic amines is 1. The van der Waals surface area contributed by atoms with Gasteiger partial charge in [-0.25, -0.2) is 0 Å². The summed E-state index contributed by atoms with van der Waals surface area (Å²) in [5.41, 5.74) is 3.08. The third-order valence-electron chi connectivity index (χ3n) is 3.89.